The average molecular weight is 478 g/mol. The third-order valence-electron chi connectivity index (χ3n) is 6.34. The highest BCUT2D eigenvalue weighted by atomic mass is 35.5. The first kappa shape index (κ1) is 25.6. The summed E-state index contributed by atoms with van der Waals surface area (Å²) < 4.78 is 19.9. The molecule has 7 heteroatoms. The molecule has 180 valence electrons. The van der Waals surface area contributed by atoms with Gasteiger partial charge in [0.05, 0.1) is 18.8 Å². The van der Waals surface area contributed by atoms with E-state index < -0.39 is 12.1 Å². The van der Waals surface area contributed by atoms with Gasteiger partial charge in [0.15, 0.2) is 0 Å². The maximum Gasteiger partial charge on any atom is 0.303 e. The highest BCUT2D eigenvalue weighted by Gasteiger charge is 2.27. The highest BCUT2D eigenvalue weighted by molar-refractivity contribution is 6.30. The summed E-state index contributed by atoms with van der Waals surface area (Å²) in [5.74, 6) is -1.04. The molecule has 5 nitrogen and oxygen atoms in total. The van der Waals surface area contributed by atoms with Crippen molar-refractivity contribution in [3.8, 4) is 0 Å². The number of halogens is 2. The van der Waals surface area contributed by atoms with Crippen LogP contribution in [0, 0.1) is 12.7 Å². The molecule has 0 bridgehead atoms. The third kappa shape index (κ3) is 7.51. The average Bonchev–Trinajstić information content (AvgIpc) is 3.19. The van der Waals surface area contributed by atoms with E-state index in [4.69, 9.17) is 21.4 Å². The molecular formula is C26H33ClFNO4. The summed E-state index contributed by atoms with van der Waals surface area (Å²) in [7, 11) is 0. The first-order chi connectivity index (χ1) is 15.7. The Hall–Kier alpha value is -1.99. The molecule has 3 atom stereocenters. The Morgan fingerprint density at radius 2 is 2.09 bits per heavy atom. The summed E-state index contributed by atoms with van der Waals surface area (Å²) >= 11 is 6.09. The molecule has 0 saturated carbocycles. The predicted octanol–water partition coefficient (Wildman–Crippen LogP) is 4.95. The summed E-state index contributed by atoms with van der Waals surface area (Å²) in [5.41, 5.74) is 3.35. The van der Waals surface area contributed by atoms with Gasteiger partial charge >= 0.3 is 5.97 Å². The van der Waals surface area contributed by atoms with Crippen molar-refractivity contribution >= 4 is 17.6 Å². The first-order valence-electron chi connectivity index (χ1n) is 11.5. The quantitative estimate of drug-likeness (QED) is 0.479. The SMILES string of the molecule is Cc1ccc(C[C@@H]2CCCN2C[C@@H](O)CO[C@H](C)c2ccc(Cl)cc2CCC(=O)O)cc1F. The summed E-state index contributed by atoms with van der Waals surface area (Å²) in [4.78, 5) is 13.2. The van der Waals surface area contributed by atoms with Gasteiger partial charge in [-0.15, -0.1) is 0 Å². The van der Waals surface area contributed by atoms with Crippen molar-refractivity contribution in [1.82, 2.24) is 4.90 Å². The second-order valence-corrected chi connectivity index (χ2v) is 9.38. The molecule has 0 spiro atoms. The summed E-state index contributed by atoms with van der Waals surface area (Å²) in [6, 6.07) is 11.1. The summed E-state index contributed by atoms with van der Waals surface area (Å²) in [6.07, 6.45) is 2.28. The van der Waals surface area contributed by atoms with E-state index >= 15 is 0 Å². The number of aliphatic carboxylic acids is 1. The first-order valence-corrected chi connectivity index (χ1v) is 11.9. The van der Waals surface area contributed by atoms with Crippen LogP contribution in [0.3, 0.4) is 0 Å². The fourth-order valence-corrected chi connectivity index (χ4v) is 4.69. The third-order valence-corrected chi connectivity index (χ3v) is 6.58. The lowest BCUT2D eigenvalue weighted by molar-refractivity contribution is -0.136. The van der Waals surface area contributed by atoms with Crippen LogP contribution in [0.2, 0.25) is 5.02 Å². The lowest BCUT2D eigenvalue weighted by Crippen LogP contribution is -2.39. The molecule has 1 aliphatic heterocycles. The van der Waals surface area contributed by atoms with Crippen molar-refractivity contribution in [3.05, 3.63) is 69.5 Å². The Balaban J connectivity index is 1.53. The molecule has 2 aromatic rings. The summed E-state index contributed by atoms with van der Waals surface area (Å²) in [6.45, 7) is 5.23. The zero-order valence-corrected chi connectivity index (χ0v) is 20.0. The van der Waals surface area contributed by atoms with E-state index in [9.17, 15) is 14.3 Å². The molecule has 0 aliphatic carbocycles. The van der Waals surface area contributed by atoms with Crippen LogP contribution in [-0.2, 0) is 22.4 Å². The van der Waals surface area contributed by atoms with E-state index in [-0.39, 0.29) is 31.0 Å². The van der Waals surface area contributed by atoms with E-state index in [2.05, 4.69) is 4.90 Å². The fraction of sp³-hybridized carbons (Fsp3) is 0.500. The van der Waals surface area contributed by atoms with Crippen LogP contribution in [-0.4, -0.2) is 52.9 Å². The van der Waals surface area contributed by atoms with Gasteiger partial charge in [-0.3, -0.25) is 9.69 Å². The number of carboxylic acid groups (broad SMARTS) is 1. The molecule has 0 radical (unpaired) electrons. The van der Waals surface area contributed by atoms with Gasteiger partial charge in [-0.05, 0) is 86.5 Å². The van der Waals surface area contributed by atoms with Crippen LogP contribution in [0.4, 0.5) is 4.39 Å². The Labute approximate surface area is 200 Å². The molecular weight excluding hydrogens is 445 g/mol. The molecule has 1 fully saturated rings. The maximum absolute atomic E-state index is 13.9. The van der Waals surface area contributed by atoms with E-state index in [0.717, 1.165) is 42.5 Å². The topological polar surface area (TPSA) is 70.0 Å². The molecule has 1 heterocycles. The number of carboxylic acids is 1. The van der Waals surface area contributed by atoms with Gasteiger partial charge in [-0.2, -0.15) is 0 Å². The monoisotopic (exact) mass is 477 g/mol. The zero-order chi connectivity index (χ0) is 24.0. The van der Waals surface area contributed by atoms with Crippen LogP contribution in [0.15, 0.2) is 36.4 Å². The van der Waals surface area contributed by atoms with E-state index in [1.807, 2.05) is 25.1 Å². The number of hydrogen-bond donors (Lipinski definition) is 2. The van der Waals surface area contributed by atoms with E-state index in [0.29, 0.717) is 23.6 Å². The lowest BCUT2D eigenvalue weighted by Gasteiger charge is -2.28. The second-order valence-electron chi connectivity index (χ2n) is 8.94. The highest BCUT2D eigenvalue weighted by Crippen LogP contribution is 2.27. The van der Waals surface area contributed by atoms with Gasteiger partial charge in [-0.25, -0.2) is 4.39 Å². The van der Waals surface area contributed by atoms with Crippen LogP contribution < -0.4 is 0 Å². The fourth-order valence-electron chi connectivity index (χ4n) is 4.50. The Kier molecular flexibility index (Phi) is 9.27. The molecule has 0 aromatic heterocycles. The van der Waals surface area contributed by atoms with Crippen molar-refractivity contribution in [1.29, 1.82) is 0 Å². The van der Waals surface area contributed by atoms with Gasteiger partial charge < -0.3 is 14.9 Å². The molecule has 0 amide bonds. The minimum Gasteiger partial charge on any atom is -0.481 e. The van der Waals surface area contributed by atoms with Gasteiger partial charge in [-0.1, -0.05) is 29.8 Å². The van der Waals surface area contributed by atoms with Crippen molar-refractivity contribution in [2.45, 2.75) is 64.2 Å². The standard InChI is InChI=1S/C26H33ClFNO4/c1-17-5-6-19(13-25(17)28)12-22-4-3-11-29(22)15-23(30)16-33-18(2)24-9-8-21(27)14-20(24)7-10-26(31)32/h5-6,8-9,13-14,18,22-23,30H,3-4,7,10-12,15-16H2,1-2H3,(H,31,32)/t18-,22+,23-/m1/s1. The minimum absolute atomic E-state index is 0.0178. The predicted molar refractivity (Wildman–Crippen MR) is 127 cm³/mol. The second kappa shape index (κ2) is 11.9. The van der Waals surface area contributed by atoms with Crippen molar-refractivity contribution in [3.63, 3.8) is 0 Å². The number of aliphatic hydroxyl groups excluding tert-OH is 1. The Bertz CT molecular complexity index is 954. The van der Waals surface area contributed by atoms with Gasteiger partial charge in [0.2, 0.25) is 0 Å². The zero-order valence-electron chi connectivity index (χ0n) is 19.3. The molecule has 2 N–H and O–H groups in total. The number of aryl methyl sites for hydroxylation is 2. The molecule has 3 rings (SSSR count). The van der Waals surface area contributed by atoms with Gasteiger partial charge in [0.1, 0.15) is 5.82 Å². The van der Waals surface area contributed by atoms with Gasteiger partial charge in [0.25, 0.3) is 0 Å². The number of likely N-dealkylation sites (tertiary alicyclic amines) is 1. The number of rotatable bonds is 11. The molecule has 0 unspecified atom stereocenters. The summed E-state index contributed by atoms with van der Waals surface area (Å²) in [5, 5.41) is 20.2. The minimum atomic E-state index is -0.863. The number of benzene rings is 2. The number of carbonyl (C=O) groups is 1. The van der Waals surface area contributed by atoms with Crippen LogP contribution in [0.25, 0.3) is 0 Å². The Morgan fingerprint density at radius 3 is 2.82 bits per heavy atom. The molecule has 1 saturated heterocycles. The smallest absolute Gasteiger partial charge is 0.303 e. The number of ether oxygens (including phenoxy) is 1. The number of aliphatic hydroxyl groups is 1. The van der Waals surface area contributed by atoms with Crippen LogP contribution in [0.1, 0.15) is 54.5 Å². The normalized spacial score (nSPS) is 18.4. The number of hydrogen-bond acceptors (Lipinski definition) is 4. The van der Waals surface area contributed by atoms with Crippen LogP contribution >= 0.6 is 11.6 Å². The van der Waals surface area contributed by atoms with Crippen molar-refractivity contribution < 1.29 is 24.1 Å². The maximum atomic E-state index is 13.9. The van der Waals surface area contributed by atoms with Gasteiger partial charge in [0, 0.05) is 24.0 Å². The van der Waals surface area contributed by atoms with Crippen molar-refractivity contribution in [2.24, 2.45) is 0 Å². The Morgan fingerprint density at radius 1 is 1.30 bits per heavy atom. The molecule has 2 aromatic carbocycles. The van der Waals surface area contributed by atoms with E-state index in [1.165, 1.54) is 0 Å². The van der Waals surface area contributed by atoms with E-state index in [1.54, 1.807) is 25.1 Å². The molecule has 33 heavy (non-hydrogen) atoms. The largest absolute Gasteiger partial charge is 0.481 e. The number of nitrogens with zero attached hydrogens (tertiary/aromatic N) is 1. The number of β-amino-alcohol motifs (C(OH)–C–C–N with tert-alkyl or cyclic N) is 1. The lowest BCUT2D eigenvalue weighted by atomic mass is 9.99. The molecule has 1 aliphatic rings. The van der Waals surface area contributed by atoms with Crippen LogP contribution in [0.5, 0.6) is 0 Å². The van der Waals surface area contributed by atoms with Crippen molar-refractivity contribution in [2.75, 3.05) is 19.7 Å².